The van der Waals surface area contributed by atoms with E-state index in [4.69, 9.17) is 11.0 Å². The standard InChI is InChI=1S/C16H21N5S/c1-12(2)10-21-15(6-7-17)19-20-16(21)22-11-14-5-3-4-13(8-14)9-18/h3-5,8,12H,6-7,10-11,17H2,1-2H3. The van der Waals surface area contributed by atoms with Crippen LogP contribution in [0.25, 0.3) is 0 Å². The van der Waals surface area contributed by atoms with Crippen LogP contribution in [0.1, 0.15) is 30.8 Å². The van der Waals surface area contributed by atoms with E-state index in [1.807, 2.05) is 24.3 Å². The average Bonchev–Trinajstić information content (AvgIpc) is 2.87. The summed E-state index contributed by atoms with van der Waals surface area (Å²) in [6.45, 7) is 5.82. The van der Waals surface area contributed by atoms with Crippen molar-refractivity contribution in [2.75, 3.05) is 6.54 Å². The minimum absolute atomic E-state index is 0.522. The zero-order chi connectivity index (χ0) is 15.9. The van der Waals surface area contributed by atoms with Gasteiger partial charge < -0.3 is 10.3 Å². The van der Waals surface area contributed by atoms with Crippen molar-refractivity contribution in [3.05, 3.63) is 41.2 Å². The van der Waals surface area contributed by atoms with Crippen molar-refractivity contribution in [2.45, 2.75) is 37.7 Å². The van der Waals surface area contributed by atoms with Gasteiger partial charge in [0.15, 0.2) is 5.16 Å². The molecule has 2 aromatic rings. The Morgan fingerprint density at radius 2 is 2.18 bits per heavy atom. The Balaban J connectivity index is 2.13. The summed E-state index contributed by atoms with van der Waals surface area (Å²) in [4.78, 5) is 0. The molecule has 116 valence electrons. The van der Waals surface area contributed by atoms with Gasteiger partial charge in [0.25, 0.3) is 0 Å². The fourth-order valence-electron chi connectivity index (χ4n) is 2.17. The van der Waals surface area contributed by atoms with Crippen LogP contribution in [-0.4, -0.2) is 21.3 Å². The Morgan fingerprint density at radius 1 is 1.36 bits per heavy atom. The molecule has 1 aromatic heterocycles. The lowest BCUT2D eigenvalue weighted by atomic mass is 10.2. The van der Waals surface area contributed by atoms with Crippen molar-refractivity contribution in [1.29, 1.82) is 5.26 Å². The fourth-order valence-corrected chi connectivity index (χ4v) is 3.08. The summed E-state index contributed by atoms with van der Waals surface area (Å²) in [5.41, 5.74) is 7.45. The molecule has 2 rings (SSSR count). The number of thioether (sulfide) groups is 1. The van der Waals surface area contributed by atoms with E-state index in [-0.39, 0.29) is 0 Å². The third-order valence-electron chi connectivity index (χ3n) is 3.13. The Bertz CT molecular complexity index is 657. The maximum absolute atomic E-state index is 8.96. The molecule has 0 aliphatic rings. The van der Waals surface area contributed by atoms with E-state index in [0.717, 1.165) is 35.3 Å². The van der Waals surface area contributed by atoms with E-state index >= 15 is 0 Å². The van der Waals surface area contributed by atoms with Crippen molar-refractivity contribution in [1.82, 2.24) is 14.8 Å². The normalized spacial score (nSPS) is 10.9. The molecule has 0 fully saturated rings. The zero-order valence-electron chi connectivity index (χ0n) is 13.0. The molecule has 6 heteroatoms. The maximum Gasteiger partial charge on any atom is 0.191 e. The first-order chi connectivity index (χ1) is 10.6. The van der Waals surface area contributed by atoms with Crippen LogP contribution in [0.5, 0.6) is 0 Å². The summed E-state index contributed by atoms with van der Waals surface area (Å²) in [5.74, 6) is 2.24. The molecule has 0 aliphatic heterocycles. The average molecular weight is 315 g/mol. The van der Waals surface area contributed by atoms with E-state index in [1.165, 1.54) is 0 Å². The first-order valence-corrected chi connectivity index (χ1v) is 8.36. The van der Waals surface area contributed by atoms with Gasteiger partial charge in [0.05, 0.1) is 11.6 Å². The molecule has 0 radical (unpaired) electrons. The van der Waals surface area contributed by atoms with Crippen molar-refractivity contribution in [2.24, 2.45) is 11.7 Å². The number of hydrogen-bond donors (Lipinski definition) is 1. The second-order valence-corrected chi connectivity index (χ2v) is 6.49. The molecule has 0 unspecified atom stereocenters. The number of rotatable bonds is 7. The Hall–Kier alpha value is -1.84. The highest BCUT2D eigenvalue weighted by molar-refractivity contribution is 7.98. The quantitative estimate of drug-likeness (QED) is 0.794. The summed E-state index contributed by atoms with van der Waals surface area (Å²) in [5, 5.41) is 18.4. The molecule has 0 saturated heterocycles. The summed E-state index contributed by atoms with van der Waals surface area (Å²) in [6.07, 6.45) is 0.740. The van der Waals surface area contributed by atoms with E-state index in [2.05, 4.69) is 34.7 Å². The number of aromatic nitrogens is 3. The van der Waals surface area contributed by atoms with Crippen molar-refractivity contribution in [3.8, 4) is 6.07 Å². The number of nitrogens with two attached hydrogens (primary N) is 1. The van der Waals surface area contributed by atoms with Gasteiger partial charge in [0, 0.05) is 18.7 Å². The Morgan fingerprint density at radius 3 is 2.86 bits per heavy atom. The first kappa shape index (κ1) is 16.5. The third-order valence-corrected chi connectivity index (χ3v) is 4.17. The number of nitrogens with zero attached hydrogens (tertiary/aromatic N) is 4. The van der Waals surface area contributed by atoms with Gasteiger partial charge in [-0.1, -0.05) is 37.7 Å². The largest absolute Gasteiger partial charge is 0.330 e. The highest BCUT2D eigenvalue weighted by Crippen LogP contribution is 2.23. The zero-order valence-corrected chi connectivity index (χ0v) is 13.8. The van der Waals surface area contributed by atoms with Crippen LogP contribution in [0, 0.1) is 17.2 Å². The van der Waals surface area contributed by atoms with Crippen molar-refractivity contribution in [3.63, 3.8) is 0 Å². The summed E-state index contributed by atoms with van der Waals surface area (Å²) >= 11 is 1.65. The topological polar surface area (TPSA) is 80.5 Å². The van der Waals surface area contributed by atoms with Gasteiger partial charge in [0.2, 0.25) is 0 Å². The smallest absolute Gasteiger partial charge is 0.191 e. The number of hydrogen-bond acceptors (Lipinski definition) is 5. The molecular weight excluding hydrogens is 294 g/mol. The van der Waals surface area contributed by atoms with Crippen LogP contribution in [0.4, 0.5) is 0 Å². The molecule has 1 heterocycles. The van der Waals surface area contributed by atoms with E-state index in [1.54, 1.807) is 11.8 Å². The van der Waals surface area contributed by atoms with Gasteiger partial charge in [-0.2, -0.15) is 5.26 Å². The lowest BCUT2D eigenvalue weighted by Gasteiger charge is -2.12. The fraction of sp³-hybridized carbons (Fsp3) is 0.438. The molecule has 2 N–H and O–H groups in total. The second-order valence-electron chi connectivity index (χ2n) is 5.54. The minimum atomic E-state index is 0.522. The van der Waals surface area contributed by atoms with Gasteiger partial charge in [-0.15, -0.1) is 10.2 Å². The van der Waals surface area contributed by atoms with Gasteiger partial charge in [0.1, 0.15) is 5.82 Å². The lowest BCUT2D eigenvalue weighted by molar-refractivity contribution is 0.479. The lowest BCUT2D eigenvalue weighted by Crippen LogP contribution is -2.13. The molecule has 5 nitrogen and oxygen atoms in total. The molecule has 0 bridgehead atoms. The highest BCUT2D eigenvalue weighted by atomic mass is 32.2. The maximum atomic E-state index is 8.96. The van der Waals surface area contributed by atoms with Crippen LogP contribution in [0.3, 0.4) is 0 Å². The van der Waals surface area contributed by atoms with Gasteiger partial charge in [-0.05, 0) is 30.2 Å². The molecule has 22 heavy (non-hydrogen) atoms. The number of nitriles is 1. The summed E-state index contributed by atoms with van der Waals surface area (Å²) < 4.78 is 2.16. The molecule has 0 saturated carbocycles. The van der Waals surface area contributed by atoms with Crippen molar-refractivity contribution >= 4 is 11.8 Å². The minimum Gasteiger partial charge on any atom is -0.330 e. The third kappa shape index (κ3) is 4.33. The van der Waals surface area contributed by atoms with Crippen molar-refractivity contribution < 1.29 is 0 Å². The van der Waals surface area contributed by atoms with Crippen LogP contribution < -0.4 is 5.73 Å². The van der Waals surface area contributed by atoms with E-state index in [0.29, 0.717) is 18.0 Å². The summed E-state index contributed by atoms with van der Waals surface area (Å²) in [7, 11) is 0. The monoisotopic (exact) mass is 315 g/mol. The summed E-state index contributed by atoms with van der Waals surface area (Å²) in [6, 6.07) is 9.83. The van der Waals surface area contributed by atoms with Gasteiger partial charge >= 0.3 is 0 Å². The van der Waals surface area contributed by atoms with E-state index in [9.17, 15) is 0 Å². The molecule has 0 spiro atoms. The Kier molecular flexibility index (Phi) is 5.99. The van der Waals surface area contributed by atoms with Crippen LogP contribution in [0.2, 0.25) is 0 Å². The van der Waals surface area contributed by atoms with Gasteiger partial charge in [-0.25, -0.2) is 0 Å². The molecule has 0 atom stereocenters. The SMILES string of the molecule is CC(C)Cn1c(CCN)nnc1SCc1cccc(C#N)c1. The van der Waals surface area contributed by atoms with Gasteiger partial charge in [-0.3, -0.25) is 0 Å². The van der Waals surface area contributed by atoms with Crippen LogP contribution in [0.15, 0.2) is 29.4 Å². The molecular formula is C16H21N5S. The first-order valence-electron chi connectivity index (χ1n) is 7.38. The second kappa shape index (κ2) is 7.97. The van der Waals surface area contributed by atoms with Crippen LogP contribution >= 0.6 is 11.8 Å². The van der Waals surface area contributed by atoms with Crippen LogP contribution in [-0.2, 0) is 18.7 Å². The highest BCUT2D eigenvalue weighted by Gasteiger charge is 2.13. The predicted molar refractivity (Wildman–Crippen MR) is 88.3 cm³/mol. The molecule has 0 amide bonds. The van der Waals surface area contributed by atoms with E-state index < -0.39 is 0 Å². The molecule has 1 aromatic carbocycles. The Labute approximate surface area is 135 Å². The molecule has 0 aliphatic carbocycles. The number of benzene rings is 1. The predicted octanol–water partition coefficient (Wildman–Crippen LogP) is 2.60.